The summed E-state index contributed by atoms with van der Waals surface area (Å²) in [5.41, 5.74) is 3.67. The number of rotatable bonds is 0. The molecular weight excluding hydrogens is 679 g/mol. The zero-order valence-corrected chi connectivity index (χ0v) is 35.8. The van der Waals surface area contributed by atoms with Gasteiger partial charge in [0, 0.05) is 33.4 Å². The van der Waals surface area contributed by atoms with Gasteiger partial charge >= 0.3 is 8.60 Å². The second-order valence-corrected chi connectivity index (χ2v) is 20.0. The topological polar surface area (TPSA) is 182 Å². The molecule has 296 valence electrons. The molecule has 3 aromatic rings. The Morgan fingerprint density at radius 3 is 0.462 bits per heavy atom. The van der Waals surface area contributed by atoms with Crippen LogP contribution in [0.2, 0.25) is 0 Å². The fraction of sp³-hybridized carbons (Fsp3) is 0.571. The van der Waals surface area contributed by atoms with E-state index in [2.05, 4.69) is 0 Å². The van der Waals surface area contributed by atoms with Crippen molar-refractivity contribution in [3.8, 4) is 34.5 Å². The number of phenols is 6. The Morgan fingerprint density at radius 1 is 0.288 bits per heavy atom. The van der Waals surface area contributed by atoms with Gasteiger partial charge in [-0.1, -0.05) is 125 Å². The van der Waals surface area contributed by atoms with Crippen LogP contribution >= 0.6 is 8.60 Å². The minimum absolute atomic E-state index is 0.178. The van der Waals surface area contributed by atoms with Gasteiger partial charge in [-0.25, -0.2) is 0 Å². The van der Waals surface area contributed by atoms with Crippen molar-refractivity contribution in [3.05, 3.63) is 69.8 Å². The SMILES string of the molecule is CC(C)(C)c1cc(O)cc(C(C)(C)C)c1O.CC(C)(C)c1cc(O)cc(C(C)(C)C)c1O.CC(C)(C)c1cc(O)cc(C(C)(C)C)c1O.OP(O)O. The third kappa shape index (κ3) is 15.0. The molecule has 0 aliphatic rings. The third-order valence-electron chi connectivity index (χ3n) is 8.13. The maximum atomic E-state index is 10.3. The Hall–Kier alpha value is -3.23. The summed E-state index contributed by atoms with van der Waals surface area (Å²) >= 11 is 0. The second kappa shape index (κ2) is 17.3. The molecule has 0 heterocycles. The van der Waals surface area contributed by atoms with Gasteiger partial charge in [-0.05, 0) is 68.9 Å². The van der Waals surface area contributed by atoms with E-state index in [4.69, 9.17) is 14.7 Å². The van der Waals surface area contributed by atoms with Gasteiger partial charge < -0.3 is 45.3 Å². The molecule has 0 amide bonds. The van der Waals surface area contributed by atoms with Crippen LogP contribution in [0.1, 0.15) is 158 Å². The standard InChI is InChI=1S/3C14H22O2.H3O3P/c3*1-13(2,3)10-7-9(15)8-11(12(10)16)14(4,5)6;1-4(2)3/h3*7-8,15-16H,1-6H3;1-3H. The van der Waals surface area contributed by atoms with Crippen LogP contribution in [-0.4, -0.2) is 45.3 Å². The number of hydrogen-bond donors (Lipinski definition) is 9. The maximum Gasteiger partial charge on any atom is 0.324 e. The molecule has 0 aliphatic carbocycles. The molecule has 52 heavy (non-hydrogen) atoms. The van der Waals surface area contributed by atoms with Gasteiger partial charge in [-0.2, -0.15) is 0 Å². The van der Waals surface area contributed by atoms with E-state index in [9.17, 15) is 30.6 Å². The van der Waals surface area contributed by atoms with Gasteiger partial charge in [-0.15, -0.1) is 0 Å². The van der Waals surface area contributed by atoms with Crippen molar-refractivity contribution in [1.82, 2.24) is 0 Å². The quantitative estimate of drug-likeness (QED) is 0.0798. The molecule has 0 aromatic heterocycles. The summed E-state index contributed by atoms with van der Waals surface area (Å²) < 4.78 is 0. The molecule has 0 spiro atoms. The number of hydrogen-bond acceptors (Lipinski definition) is 9. The normalized spacial score (nSPS) is 12.6. The highest BCUT2D eigenvalue weighted by atomic mass is 31.2. The van der Waals surface area contributed by atoms with Crippen molar-refractivity contribution in [2.75, 3.05) is 0 Å². The maximum absolute atomic E-state index is 10.3. The first-order valence-electron chi connectivity index (χ1n) is 17.4. The van der Waals surface area contributed by atoms with Crippen LogP contribution in [0.15, 0.2) is 36.4 Å². The highest BCUT2D eigenvalue weighted by Crippen LogP contribution is 2.43. The van der Waals surface area contributed by atoms with Gasteiger partial charge in [0.05, 0.1) is 0 Å². The molecule has 0 unspecified atom stereocenters. The summed E-state index contributed by atoms with van der Waals surface area (Å²) in [4.78, 5) is 21.7. The summed E-state index contributed by atoms with van der Waals surface area (Å²) in [5, 5.41) is 60.0. The summed E-state index contributed by atoms with van der Waals surface area (Å²) in [6.45, 7) is 36.4. The van der Waals surface area contributed by atoms with E-state index in [0.29, 0.717) is 17.2 Å². The smallest absolute Gasteiger partial charge is 0.324 e. The molecule has 0 fully saturated rings. The molecular formula is C42H69O9P. The Kier molecular flexibility index (Phi) is 16.2. The number of benzene rings is 3. The Balaban J connectivity index is 0.000000712. The van der Waals surface area contributed by atoms with Crippen molar-refractivity contribution in [1.29, 1.82) is 0 Å². The van der Waals surface area contributed by atoms with E-state index >= 15 is 0 Å². The van der Waals surface area contributed by atoms with Crippen LogP contribution in [0.5, 0.6) is 34.5 Å². The van der Waals surface area contributed by atoms with Crippen molar-refractivity contribution in [3.63, 3.8) is 0 Å². The van der Waals surface area contributed by atoms with Crippen LogP contribution in [0, 0.1) is 0 Å². The van der Waals surface area contributed by atoms with Crippen LogP contribution < -0.4 is 0 Å². The average Bonchev–Trinajstić information content (AvgIpc) is 2.88. The van der Waals surface area contributed by atoms with E-state index < -0.39 is 8.60 Å². The minimum Gasteiger partial charge on any atom is -0.508 e. The second-order valence-electron chi connectivity index (χ2n) is 19.4. The predicted molar refractivity (Wildman–Crippen MR) is 215 cm³/mol. The van der Waals surface area contributed by atoms with Crippen molar-refractivity contribution >= 4 is 8.60 Å². The zero-order valence-electron chi connectivity index (χ0n) is 34.9. The lowest BCUT2D eigenvalue weighted by molar-refractivity contribution is 0.368. The third-order valence-corrected chi connectivity index (χ3v) is 8.13. The van der Waals surface area contributed by atoms with Crippen LogP contribution in [-0.2, 0) is 32.5 Å². The van der Waals surface area contributed by atoms with Gasteiger partial charge in [-0.3, -0.25) is 0 Å². The minimum atomic E-state index is -2.62. The summed E-state index contributed by atoms with van der Waals surface area (Å²) in [6.07, 6.45) is 0. The van der Waals surface area contributed by atoms with Gasteiger partial charge in [0.2, 0.25) is 0 Å². The molecule has 0 atom stereocenters. The van der Waals surface area contributed by atoms with E-state index in [-0.39, 0.29) is 49.7 Å². The molecule has 9 nitrogen and oxygen atoms in total. The fourth-order valence-electron chi connectivity index (χ4n) is 5.29. The molecule has 0 aliphatic heterocycles. The zero-order chi connectivity index (χ0) is 41.7. The van der Waals surface area contributed by atoms with Crippen LogP contribution in [0.25, 0.3) is 0 Å². The summed E-state index contributed by atoms with van der Waals surface area (Å²) in [5.74, 6) is 1.56. The molecule has 9 N–H and O–H groups in total. The highest BCUT2D eigenvalue weighted by Gasteiger charge is 2.29. The molecule has 3 rings (SSSR count). The number of phenolic OH excluding ortho intramolecular Hbond substituents is 6. The van der Waals surface area contributed by atoms with Crippen molar-refractivity contribution in [2.24, 2.45) is 0 Å². The lowest BCUT2D eigenvalue weighted by Crippen LogP contribution is -2.16. The van der Waals surface area contributed by atoms with Gasteiger partial charge in [0.15, 0.2) is 0 Å². The van der Waals surface area contributed by atoms with E-state index in [0.717, 1.165) is 33.4 Å². The lowest BCUT2D eigenvalue weighted by Gasteiger charge is -2.27. The predicted octanol–water partition coefficient (Wildman–Crippen LogP) is 10.3. The van der Waals surface area contributed by atoms with E-state index in [1.165, 1.54) is 0 Å². The largest absolute Gasteiger partial charge is 0.508 e. The van der Waals surface area contributed by atoms with Gasteiger partial charge in [0.25, 0.3) is 0 Å². The Labute approximate surface area is 314 Å². The number of aromatic hydroxyl groups is 6. The molecule has 3 aromatic carbocycles. The fourth-order valence-corrected chi connectivity index (χ4v) is 5.29. The Morgan fingerprint density at radius 2 is 0.385 bits per heavy atom. The first-order chi connectivity index (χ1) is 22.8. The molecule has 10 heteroatoms. The van der Waals surface area contributed by atoms with E-state index in [1.807, 2.05) is 125 Å². The summed E-state index contributed by atoms with van der Waals surface area (Å²) in [7, 11) is -2.62. The van der Waals surface area contributed by atoms with Crippen LogP contribution in [0.4, 0.5) is 0 Å². The van der Waals surface area contributed by atoms with Crippen molar-refractivity contribution in [2.45, 2.75) is 157 Å². The first-order valence-corrected chi connectivity index (χ1v) is 18.6. The highest BCUT2D eigenvalue weighted by molar-refractivity contribution is 7.38. The van der Waals surface area contributed by atoms with Crippen LogP contribution in [0.3, 0.4) is 0 Å². The average molecular weight is 749 g/mol. The lowest BCUT2D eigenvalue weighted by atomic mass is 9.79. The molecule has 0 saturated carbocycles. The van der Waals surface area contributed by atoms with Gasteiger partial charge in [0.1, 0.15) is 34.5 Å². The molecule has 0 radical (unpaired) electrons. The summed E-state index contributed by atoms with van der Waals surface area (Å²) in [6, 6.07) is 9.86. The Bertz CT molecular complexity index is 1320. The first kappa shape index (κ1) is 48.8. The van der Waals surface area contributed by atoms with Crippen molar-refractivity contribution < 1.29 is 45.3 Å². The monoisotopic (exact) mass is 748 g/mol. The van der Waals surface area contributed by atoms with E-state index in [1.54, 1.807) is 36.4 Å². The molecule has 0 bridgehead atoms. The molecule has 0 saturated heterocycles.